The van der Waals surface area contributed by atoms with Crippen molar-refractivity contribution in [3.8, 4) is 11.5 Å². The lowest BCUT2D eigenvalue weighted by molar-refractivity contribution is -0.142. The molecule has 0 spiro atoms. The fraction of sp³-hybridized carbons (Fsp3) is 0.519. The maximum Gasteiger partial charge on any atom is 0.306 e. The highest BCUT2D eigenvalue weighted by Gasteiger charge is 2.38. The zero-order valence-corrected chi connectivity index (χ0v) is 18.9. The average molecular weight is 441 g/mol. The molecule has 0 saturated heterocycles. The number of carboxylic acid groups (broad SMARTS) is 1. The quantitative estimate of drug-likeness (QED) is 0.490. The Bertz CT molecular complexity index is 931. The predicted molar refractivity (Wildman–Crippen MR) is 122 cm³/mol. The summed E-state index contributed by atoms with van der Waals surface area (Å²) in [6.45, 7) is 2.45. The second-order valence-corrected chi connectivity index (χ2v) is 9.48. The Morgan fingerprint density at radius 3 is 2.47 bits per heavy atom. The van der Waals surface area contributed by atoms with E-state index in [-0.39, 0.29) is 17.7 Å². The van der Waals surface area contributed by atoms with Crippen molar-refractivity contribution in [2.75, 3.05) is 13.7 Å². The number of benzene rings is 2. The Morgan fingerprint density at radius 1 is 1.06 bits per heavy atom. The van der Waals surface area contributed by atoms with E-state index in [1.54, 1.807) is 13.2 Å². The van der Waals surface area contributed by atoms with Crippen LogP contribution in [0.4, 0.5) is 4.39 Å². The van der Waals surface area contributed by atoms with Gasteiger partial charge in [-0.25, -0.2) is 4.39 Å². The molecule has 0 aliphatic heterocycles. The Hall–Kier alpha value is -2.56. The summed E-state index contributed by atoms with van der Waals surface area (Å²) < 4.78 is 25.7. The minimum atomic E-state index is -0.738. The van der Waals surface area contributed by atoms with Crippen LogP contribution in [0.3, 0.4) is 0 Å². The predicted octanol–water partition coefficient (Wildman–Crippen LogP) is 6.40. The lowest BCUT2D eigenvalue weighted by Gasteiger charge is -2.29. The zero-order valence-electron chi connectivity index (χ0n) is 18.9. The highest BCUT2D eigenvalue weighted by molar-refractivity contribution is 5.71. The molecule has 0 aromatic heterocycles. The molecule has 32 heavy (non-hydrogen) atoms. The van der Waals surface area contributed by atoms with Gasteiger partial charge in [-0.05, 0) is 104 Å². The van der Waals surface area contributed by atoms with Crippen molar-refractivity contribution >= 4 is 5.97 Å². The van der Waals surface area contributed by atoms with Gasteiger partial charge in [0.25, 0.3) is 0 Å². The van der Waals surface area contributed by atoms with Gasteiger partial charge in [0.15, 0.2) is 0 Å². The Labute approximate surface area is 189 Å². The van der Waals surface area contributed by atoms with Crippen molar-refractivity contribution in [1.82, 2.24) is 0 Å². The molecule has 4 rings (SSSR count). The van der Waals surface area contributed by atoms with E-state index >= 15 is 0 Å². The summed E-state index contributed by atoms with van der Waals surface area (Å²) >= 11 is 0. The average Bonchev–Trinajstić information content (AvgIpc) is 3.64. The van der Waals surface area contributed by atoms with Crippen molar-refractivity contribution in [2.45, 2.75) is 57.3 Å². The van der Waals surface area contributed by atoms with E-state index in [1.165, 1.54) is 6.07 Å². The summed E-state index contributed by atoms with van der Waals surface area (Å²) in [4.78, 5) is 11.6. The van der Waals surface area contributed by atoms with Crippen molar-refractivity contribution in [1.29, 1.82) is 0 Å². The lowest BCUT2D eigenvalue weighted by atomic mass is 9.79. The Kier molecular flexibility index (Phi) is 7.02. The number of halogens is 1. The van der Waals surface area contributed by atoms with E-state index < -0.39 is 11.9 Å². The molecular weight excluding hydrogens is 407 g/mol. The van der Waals surface area contributed by atoms with Crippen molar-refractivity contribution in [3.05, 3.63) is 59.4 Å². The first-order valence-corrected chi connectivity index (χ1v) is 11.7. The van der Waals surface area contributed by atoms with Crippen LogP contribution in [0.2, 0.25) is 0 Å². The number of carbonyl (C=O) groups is 1. The van der Waals surface area contributed by atoms with E-state index in [2.05, 4.69) is 0 Å². The third-order valence-electron chi connectivity index (χ3n) is 7.28. The number of aliphatic carboxylic acids is 1. The molecule has 0 radical (unpaired) electrons. The molecule has 2 atom stereocenters. The topological polar surface area (TPSA) is 55.8 Å². The molecule has 2 aromatic carbocycles. The molecule has 5 heteroatoms. The standard InChI is InChI=1S/C27H33FO4/c1-17(27(29)30)26(20-10-11-20)21-4-3-5-23(14-21)32-16-18-6-8-19(9-7-18)24-15-22(31-2)12-13-25(24)28/h3-5,12-15,17-20,26H,6-11,16H2,1-2H3,(H,29,30)/t17-,18?,19?,26?/m1/s1. The highest BCUT2D eigenvalue weighted by atomic mass is 19.1. The smallest absolute Gasteiger partial charge is 0.306 e. The van der Waals surface area contributed by atoms with Gasteiger partial charge < -0.3 is 14.6 Å². The first-order chi connectivity index (χ1) is 15.5. The number of ether oxygens (including phenoxy) is 2. The molecule has 4 nitrogen and oxygen atoms in total. The van der Waals surface area contributed by atoms with Crippen LogP contribution in [0.5, 0.6) is 11.5 Å². The van der Waals surface area contributed by atoms with Crippen molar-refractivity contribution < 1.29 is 23.8 Å². The maximum atomic E-state index is 14.3. The van der Waals surface area contributed by atoms with Crippen molar-refractivity contribution in [2.24, 2.45) is 17.8 Å². The summed E-state index contributed by atoms with van der Waals surface area (Å²) in [7, 11) is 1.61. The molecule has 1 unspecified atom stereocenters. The van der Waals surface area contributed by atoms with Crippen LogP contribution in [0.1, 0.15) is 68.4 Å². The van der Waals surface area contributed by atoms with Crippen LogP contribution >= 0.6 is 0 Å². The molecule has 0 heterocycles. The molecule has 172 valence electrons. The number of rotatable bonds is 9. The van der Waals surface area contributed by atoms with E-state index in [9.17, 15) is 14.3 Å². The van der Waals surface area contributed by atoms with Gasteiger partial charge in [-0.15, -0.1) is 0 Å². The van der Waals surface area contributed by atoms with Crippen LogP contribution in [0, 0.1) is 23.6 Å². The monoisotopic (exact) mass is 440 g/mol. The minimum absolute atomic E-state index is 0.0456. The lowest BCUT2D eigenvalue weighted by Crippen LogP contribution is -2.21. The van der Waals surface area contributed by atoms with Gasteiger partial charge in [0.1, 0.15) is 17.3 Å². The molecule has 2 saturated carbocycles. The summed E-state index contributed by atoms with van der Waals surface area (Å²) in [5.74, 6) is 1.40. The molecule has 0 amide bonds. The summed E-state index contributed by atoms with van der Waals surface area (Å²) in [6.07, 6.45) is 6.09. The Balaban J connectivity index is 1.33. The molecule has 2 aliphatic rings. The fourth-order valence-electron chi connectivity index (χ4n) is 5.21. The number of methoxy groups -OCH3 is 1. The van der Waals surface area contributed by atoms with E-state index in [0.717, 1.165) is 55.4 Å². The highest BCUT2D eigenvalue weighted by Crippen LogP contribution is 2.47. The van der Waals surface area contributed by atoms with Crippen LogP contribution in [-0.2, 0) is 4.79 Å². The van der Waals surface area contributed by atoms with E-state index in [0.29, 0.717) is 24.2 Å². The summed E-state index contributed by atoms with van der Waals surface area (Å²) in [5.41, 5.74) is 1.83. The molecule has 0 bridgehead atoms. The van der Waals surface area contributed by atoms with Gasteiger partial charge >= 0.3 is 5.97 Å². The van der Waals surface area contributed by atoms with Gasteiger partial charge in [0.2, 0.25) is 0 Å². The first kappa shape index (κ1) is 22.6. The van der Waals surface area contributed by atoms with Crippen molar-refractivity contribution in [3.63, 3.8) is 0 Å². The summed E-state index contributed by atoms with van der Waals surface area (Å²) in [6, 6.07) is 13.0. The normalized spacial score (nSPS) is 22.7. The summed E-state index contributed by atoms with van der Waals surface area (Å²) in [5, 5.41) is 9.52. The van der Waals surface area contributed by atoms with Gasteiger partial charge in [0.05, 0.1) is 19.6 Å². The van der Waals surface area contributed by atoms with E-state index in [1.807, 2.05) is 37.3 Å². The molecular formula is C27H33FO4. The van der Waals surface area contributed by atoms with Gasteiger partial charge in [-0.2, -0.15) is 0 Å². The SMILES string of the molecule is COc1ccc(F)c(C2CCC(COc3cccc(C(C4CC4)[C@@H](C)C(=O)O)c3)CC2)c1. The molecule has 2 aromatic rings. The van der Waals surface area contributed by atoms with Gasteiger partial charge in [-0.3, -0.25) is 4.79 Å². The largest absolute Gasteiger partial charge is 0.497 e. The van der Waals surface area contributed by atoms with Crippen LogP contribution in [0.25, 0.3) is 0 Å². The second-order valence-electron chi connectivity index (χ2n) is 9.48. The molecule has 2 aliphatic carbocycles. The second kappa shape index (κ2) is 9.93. The van der Waals surface area contributed by atoms with Gasteiger partial charge in [-0.1, -0.05) is 19.1 Å². The minimum Gasteiger partial charge on any atom is -0.497 e. The number of carboxylic acids is 1. The zero-order chi connectivity index (χ0) is 22.7. The molecule has 1 N–H and O–H groups in total. The third kappa shape index (κ3) is 5.25. The van der Waals surface area contributed by atoms with Gasteiger partial charge in [0, 0.05) is 0 Å². The fourth-order valence-corrected chi connectivity index (χ4v) is 5.21. The third-order valence-corrected chi connectivity index (χ3v) is 7.28. The number of hydrogen-bond acceptors (Lipinski definition) is 3. The number of hydrogen-bond donors (Lipinski definition) is 1. The first-order valence-electron chi connectivity index (χ1n) is 11.7. The van der Waals surface area contributed by atoms with Crippen LogP contribution in [0.15, 0.2) is 42.5 Å². The van der Waals surface area contributed by atoms with Crippen LogP contribution < -0.4 is 9.47 Å². The van der Waals surface area contributed by atoms with E-state index in [4.69, 9.17) is 9.47 Å². The van der Waals surface area contributed by atoms with Crippen LogP contribution in [-0.4, -0.2) is 24.8 Å². The Morgan fingerprint density at radius 2 is 1.81 bits per heavy atom. The maximum absolute atomic E-state index is 14.3. The molecule has 2 fully saturated rings.